The van der Waals surface area contributed by atoms with Crippen LogP contribution in [0.15, 0.2) is 65.6 Å². The van der Waals surface area contributed by atoms with Crippen LogP contribution in [0.2, 0.25) is 0 Å². The van der Waals surface area contributed by atoms with Gasteiger partial charge in [0.1, 0.15) is 13.2 Å². The number of carbonyl (C=O) groups excluding carboxylic acids is 1. The van der Waals surface area contributed by atoms with Crippen LogP contribution in [0.25, 0.3) is 10.8 Å². The van der Waals surface area contributed by atoms with E-state index in [0.717, 1.165) is 20.6 Å². The number of benzene rings is 3. The Labute approximate surface area is 181 Å². The molecule has 0 spiro atoms. The van der Waals surface area contributed by atoms with Gasteiger partial charge >= 0.3 is 0 Å². The smallest absolute Gasteiger partial charge is 0.243 e. The van der Waals surface area contributed by atoms with Crippen LogP contribution in [0.1, 0.15) is 18.5 Å². The molecule has 0 unspecified atom stereocenters. The number of hydrogen-bond donors (Lipinski definition) is 1. The molecule has 0 fully saturated rings. The van der Waals surface area contributed by atoms with Gasteiger partial charge in [-0.2, -0.15) is 4.31 Å². The predicted octanol–water partition coefficient (Wildman–Crippen LogP) is 3.11. The third kappa shape index (κ3) is 4.50. The summed E-state index contributed by atoms with van der Waals surface area (Å²) in [5.41, 5.74) is 0.845. The lowest BCUT2D eigenvalue weighted by atomic mass is 10.1. The van der Waals surface area contributed by atoms with E-state index < -0.39 is 15.9 Å². The molecule has 1 heterocycles. The summed E-state index contributed by atoms with van der Waals surface area (Å²) in [6, 6.07) is 17.6. The van der Waals surface area contributed by atoms with Gasteiger partial charge in [-0.05, 0) is 47.5 Å². The summed E-state index contributed by atoms with van der Waals surface area (Å²) < 4.78 is 38.0. The quantitative estimate of drug-likeness (QED) is 0.637. The predicted molar refractivity (Wildman–Crippen MR) is 118 cm³/mol. The Kier molecular flexibility index (Phi) is 5.84. The van der Waals surface area contributed by atoms with Crippen molar-refractivity contribution in [3.05, 3.63) is 66.2 Å². The van der Waals surface area contributed by atoms with E-state index in [4.69, 9.17) is 9.47 Å². The van der Waals surface area contributed by atoms with Crippen molar-refractivity contribution < 1.29 is 22.7 Å². The van der Waals surface area contributed by atoms with Crippen molar-refractivity contribution >= 4 is 26.7 Å². The van der Waals surface area contributed by atoms with Gasteiger partial charge in [0.2, 0.25) is 15.9 Å². The number of amides is 1. The van der Waals surface area contributed by atoms with Crippen LogP contribution in [-0.4, -0.2) is 45.4 Å². The molecule has 8 heteroatoms. The molecular weight excluding hydrogens is 416 g/mol. The average Bonchev–Trinajstić information content (AvgIpc) is 2.78. The number of ether oxygens (including phenoxy) is 2. The van der Waals surface area contributed by atoms with E-state index in [1.807, 2.05) is 49.4 Å². The van der Waals surface area contributed by atoms with Gasteiger partial charge in [0.05, 0.1) is 17.5 Å². The number of hydrogen-bond acceptors (Lipinski definition) is 5. The van der Waals surface area contributed by atoms with Crippen LogP contribution in [0.4, 0.5) is 0 Å². The topological polar surface area (TPSA) is 84.9 Å². The standard InChI is InChI=1S/C23H24N2O5S/c1-16(18-8-10-21-22(14-18)30-12-11-29-21)24-23(26)15-25(2)31(27,28)20-9-7-17-5-3-4-6-19(17)13-20/h3-10,13-14,16H,11-12,15H2,1-2H3,(H,24,26)/t16-/m1/s1. The Hall–Kier alpha value is -3.10. The molecule has 3 aromatic carbocycles. The zero-order chi connectivity index (χ0) is 22.0. The van der Waals surface area contributed by atoms with Crippen LogP contribution in [0.3, 0.4) is 0 Å². The zero-order valence-corrected chi connectivity index (χ0v) is 18.2. The first-order valence-corrected chi connectivity index (χ1v) is 11.4. The molecule has 0 saturated heterocycles. The highest BCUT2D eigenvalue weighted by Gasteiger charge is 2.24. The molecule has 7 nitrogen and oxygen atoms in total. The van der Waals surface area contributed by atoms with Gasteiger partial charge in [-0.15, -0.1) is 0 Å². The number of nitrogens with zero attached hydrogens (tertiary/aromatic N) is 1. The van der Waals surface area contributed by atoms with E-state index in [2.05, 4.69) is 5.32 Å². The summed E-state index contributed by atoms with van der Waals surface area (Å²) in [7, 11) is -2.40. The van der Waals surface area contributed by atoms with Crippen LogP contribution < -0.4 is 14.8 Å². The second kappa shape index (κ2) is 8.56. The molecule has 0 aromatic heterocycles. The molecule has 3 aromatic rings. The highest BCUT2D eigenvalue weighted by molar-refractivity contribution is 7.89. The Morgan fingerprint density at radius 1 is 1.00 bits per heavy atom. The van der Waals surface area contributed by atoms with Crippen LogP contribution in [0.5, 0.6) is 11.5 Å². The molecule has 31 heavy (non-hydrogen) atoms. The van der Waals surface area contributed by atoms with Gasteiger partial charge in [0.25, 0.3) is 0 Å². The molecule has 162 valence electrons. The number of sulfonamides is 1. The lowest BCUT2D eigenvalue weighted by Crippen LogP contribution is -2.39. The Morgan fingerprint density at radius 3 is 2.48 bits per heavy atom. The molecule has 0 aliphatic carbocycles. The fourth-order valence-electron chi connectivity index (χ4n) is 3.49. The number of fused-ring (bicyclic) bond motifs is 2. The highest BCUT2D eigenvalue weighted by atomic mass is 32.2. The van der Waals surface area contributed by atoms with Crippen molar-refractivity contribution in [2.24, 2.45) is 0 Å². The lowest BCUT2D eigenvalue weighted by Gasteiger charge is -2.22. The minimum Gasteiger partial charge on any atom is -0.486 e. The second-order valence-electron chi connectivity index (χ2n) is 7.46. The van der Waals surface area contributed by atoms with Crippen molar-refractivity contribution in [1.82, 2.24) is 9.62 Å². The SMILES string of the molecule is C[C@@H](NC(=O)CN(C)S(=O)(=O)c1ccc2ccccc2c1)c1ccc2c(c1)OCCO2. The maximum absolute atomic E-state index is 12.9. The van der Waals surface area contributed by atoms with Crippen molar-refractivity contribution in [2.75, 3.05) is 26.8 Å². The maximum Gasteiger partial charge on any atom is 0.243 e. The first kappa shape index (κ1) is 21.1. The molecule has 1 N–H and O–H groups in total. The zero-order valence-electron chi connectivity index (χ0n) is 17.4. The molecule has 1 aliphatic rings. The number of rotatable bonds is 6. The minimum atomic E-state index is -3.80. The van der Waals surface area contributed by atoms with Crippen LogP contribution in [0, 0.1) is 0 Å². The Balaban J connectivity index is 1.43. The number of carbonyl (C=O) groups is 1. The molecule has 0 radical (unpaired) electrons. The number of nitrogens with one attached hydrogen (secondary N) is 1. The molecule has 1 aliphatic heterocycles. The summed E-state index contributed by atoms with van der Waals surface area (Å²) >= 11 is 0. The van der Waals surface area contributed by atoms with Crippen LogP contribution in [-0.2, 0) is 14.8 Å². The molecule has 0 saturated carbocycles. The summed E-state index contributed by atoms with van der Waals surface area (Å²) in [6.07, 6.45) is 0. The van der Waals surface area contributed by atoms with Gasteiger partial charge in [-0.1, -0.05) is 36.4 Å². The normalized spacial score (nSPS) is 14.4. The Morgan fingerprint density at radius 2 is 1.71 bits per heavy atom. The summed E-state index contributed by atoms with van der Waals surface area (Å²) in [4.78, 5) is 12.7. The van der Waals surface area contributed by atoms with Gasteiger partial charge in [0, 0.05) is 7.05 Å². The summed E-state index contributed by atoms with van der Waals surface area (Å²) in [6.45, 7) is 2.54. The summed E-state index contributed by atoms with van der Waals surface area (Å²) in [5, 5.41) is 4.63. The van der Waals surface area contributed by atoms with E-state index in [0.29, 0.717) is 24.7 Å². The van der Waals surface area contributed by atoms with Crippen molar-refractivity contribution in [1.29, 1.82) is 0 Å². The van der Waals surface area contributed by atoms with Crippen molar-refractivity contribution in [3.63, 3.8) is 0 Å². The largest absolute Gasteiger partial charge is 0.486 e. The van der Waals surface area contributed by atoms with E-state index >= 15 is 0 Å². The first-order chi connectivity index (χ1) is 14.8. The maximum atomic E-state index is 12.9. The van der Waals surface area contributed by atoms with Gasteiger partial charge in [-0.25, -0.2) is 8.42 Å². The van der Waals surface area contributed by atoms with Crippen molar-refractivity contribution in [2.45, 2.75) is 17.9 Å². The molecule has 1 amide bonds. The fraction of sp³-hybridized carbons (Fsp3) is 0.261. The van der Waals surface area contributed by atoms with Crippen LogP contribution >= 0.6 is 0 Å². The molecule has 0 bridgehead atoms. The van der Waals surface area contributed by atoms with Gasteiger partial charge in [0.15, 0.2) is 11.5 Å². The molecular formula is C23H24N2O5S. The first-order valence-electron chi connectivity index (χ1n) is 9.98. The lowest BCUT2D eigenvalue weighted by molar-refractivity contribution is -0.121. The van der Waals surface area contributed by atoms with Crippen molar-refractivity contribution in [3.8, 4) is 11.5 Å². The Bertz CT molecular complexity index is 1230. The van der Waals surface area contributed by atoms with E-state index in [1.54, 1.807) is 18.2 Å². The van der Waals surface area contributed by atoms with Gasteiger partial charge in [-0.3, -0.25) is 4.79 Å². The van der Waals surface area contributed by atoms with E-state index in [1.165, 1.54) is 7.05 Å². The summed E-state index contributed by atoms with van der Waals surface area (Å²) in [5.74, 6) is 0.921. The fourth-order valence-corrected chi connectivity index (χ4v) is 4.66. The second-order valence-corrected chi connectivity index (χ2v) is 9.51. The minimum absolute atomic E-state index is 0.154. The molecule has 1 atom stereocenters. The number of likely N-dealkylation sites (N-methyl/N-ethyl adjacent to an activating group) is 1. The average molecular weight is 441 g/mol. The van der Waals surface area contributed by atoms with E-state index in [9.17, 15) is 13.2 Å². The highest BCUT2D eigenvalue weighted by Crippen LogP contribution is 2.32. The van der Waals surface area contributed by atoms with E-state index in [-0.39, 0.29) is 17.5 Å². The van der Waals surface area contributed by atoms with Gasteiger partial charge < -0.3 is 14.8 Å². The molecule has 4 rings (SSSR count). The third-order valence-electron chi connectivity index (χ3n) is 5.24. The monoisotopic (exact) mass is 440 g/mol. The third-order valence-corrected chi connectivity index (χ3v) is 7.04.